The minimum atomic E-state index is -0.378. The highest BCUT2D eigenvalue weighted by Gasteiger charge is 2.39. The Bertz CT molecular complexity index is 249. The van der Waals surface area contributed by atoms with Gasteiger partial charge in [-0.2, -0.15) is 0 Å². The van der Waals surface area contributed by atoms with Crippen molar-refractivity contribution >= 4 is 5.91 Å². The molecule has 2 saturated heterocycles. The fourth-order valence-electron chi connectivity index (χ4n) is 2.57. The van der Waals surface area contributed by atoms with Gasteiger partial charge < -0.3 is 15.3 Å². The van der Waals surface area contributed by atoms with Crippen molar-refractivity contribution in [2.75, 3.05) is 19.6 Å². The Kier molecular flexibility index (Phi) is 2.98. The van der Waals surface area contributed by atoms with Crippen LogP contribution >= 0.6 is 0 Å². The van der Waals surface area contributed by atoms with Crippen LogP contribution in [0.3, 0.4) is 0 Å². The third kappa shape index (κ3) is 2.16. The van der Waals surface area contributed by atoms with Gasteiger partial charge in [0.15, 0.2) is 0 Å². The number of hydrogen-bond acceptors (Lipinski definition) is 3. The predicted octanol–water partition coefficient (Wildman–Crippen LogP) is 0.112. The molecule has 0 aromatic carbocycles. The number of likely N-dealkylation sites (tertiary alicyclic amines) is 1. The van der Waals surface area contributed by atoms with Crippen molar-refractivity contribution in [1.82, 2.24) is 10.2 Å². The number of aliphatic hydroxyl groups excluding tert-OH is 1. The standard InChI is InChI=1S/C11H20N2O2/c1-11(5-3-6-12-11)10(15)13-7-2-4-9(14)8-13/h9,12,14H,2-8H2,1H3/t9-,11?/m0/s1. The number of carbonyl (C=O) groups is 1. The molecule has 1 amide bonds. The summed E-state index contributed by atoms with van der Waals surface area (Å²) in [6, 6.07) is 0. The summed E-state index contributed by atoms with van der Waals surface area (Å²) in [6.45, 7) is 4.21. The van der Waals surface area contributed by atoms with Crippen LogP contribution in [0, 0.1) is 0 Å². The lowest BCUT2D eigenvalue weighted by molar-refractivity contribution is -0.140. The van der Waals surface area contributed by atoms with Crippen molar-refractivity contribution < 1.29 is 9.90 Å². The number of rotatable bonds is 1. The van der Waals surface area contributed by atoms with Gasteiger partial charge in [-0.25, -0.2) is 0 Å². The second-order valence-electron chi connectivity index (χ2n) is 4.91. The normalized spacial score (nSPS) is 36.9. The van der Waals surface area contributed by atoms with E-state index in [1.54, 1.807) is 0 Å². The molecule has 0 aromatic heterocycles. The lowest BCUT2D eigenvalue weighted by Gasteiger charge is -2.36. The Morgan fingerprint density at radius 3 is 2.93 bits per heavy atom. The fraction of sp³-hybridized carbons (Fsp3) is 0.909. The molecule has 4 nitrogen and oxygen atoms in total. The highest BCUT2D eigenvalue weighted by Crippen LogP contribution is 2.23. The molecule has 4 heteroatoms. The van der Waals surface area contributed by atoms with Gasteiger partial charge in [-0.15, -0.1) is 0 Å². The zero-order valence-electron chi connectivity index (χ0n) is 9.33. The van der Waals surface area contributed by atoms with E-state index in [1.807, 2.05) is 11.8 Å². The van der Waals surface area contributed by atoms with Crippen LogP contribution in [0.4, 0.5) is 0 Å². The minimum Gasteiger partial charge on any atom is -0.391 e. The van der Waals surface area contributed by atoms with Crippen molar-refractivity contribution in [2.45, 2.75) is 44.2 Å². The van der Waals surface area contributed by atoms with E-state index in [1.165, 1.54) is 0 Å². The van der Waals surface area contributed by atoms with Crippen molar-refractivity contribution in [3.63, 3.8) is 0 Å². The predicted molar refractivity (Wildman–Crippen MR) is 57.5 cm³/mol. The molecule has 2 aliphatic rings. The van der Waals surface area contributed by atoms with Gasteiger partial charge in [0.25, 0.3) is 0 Å². The van der Waals surface area contributed by atoms with Gasteiger partial charge in [-0.1, -0.05) is 0 Å². The first-order chi connectivity index (χ1) is 7.12. The van der Waals surface area contributed by atoms with Crippen LogP contribution in [0.5, 0.6) is 0 Å². The molecule has 0 aromatic rings. The van der Waals surface area contributed by atoms with Gasteiger partial charge in [0.05, 0.1) is 11.6 Å². The quantitative estimate of drug-likeness (QED) is 0.649. The van der Waals surface area contributed by atoms with E-state index >= 15 is 0 Å². The van der Waals surface area contributed by atoms with Crippen LogP contribution in [0.25, 0.3) is 0 Å². The molecular weight excluding hydrogens is 192 g/mol. The Labute approximate surface area is 90.6 Å². The summed E-state index contributed by atoms with van der Waals surface area (Å²) in [5, 5.41) is 12.8. The summed E-state index contributed by atoms with van der Waals surface area (Å²) in [6.07, 6.45) is 3.40. The molecule has 0 saturated carbocycles. The summed E-state index contributed by atoms with van der Waals surface area (Å²) < 4.78 is 0. The summed E-state index contributed by atoms with van der Waals surface area (Å²) in [5.74, 6) is 0.166. The van der Waals surface area contributed by atoms with E-state index in [0.717, 1.165) is 38.8 Å². The summed E-state index contributed by atoms with van der Waals surface area (Å²) in [7, 11) is 0. The number of piperidine rings is 1. The number of carbonyl (C=O) groups excluding carboxylic acids is 1. The van der Waals surface area contributed by atoms with Gasteiger partial charge in [-0.3, -0.25) is 4.79 Å². The van der Waals surface area contributed by atoms with Crippen molar-refractivity contribution in [1.29, 1.82) is 0 Å². The van der Waals surface area contributed by atoms with Crippen LogP contribution in [0.15, 0.2) is 0 Å². The largest absolute Gasteiger partial charge is 0.391 e. The SMILES string of the molecule is CC1(C(=O)N2CCC[C@H](O)C2)CCCN1. The Morgan fingerprint density at radius 2 is 2.33 bits per heavy atom. The lowest BCUT2D eigenvalue weighted by Crippen LogP contribution is -2.55. The second kappa shape index (κ2) is 4.10. The molecule has 2 fully saturated rings. The molecule has 0 spiro atoms. The molecule has 0 aliphatic carbocycles. The monoisotopic (exact) mass is 212 g/mol. The van der Waals surface area contributed by atoms with Gasteiger partial charge >= 0.3 is 0 Å². The fourth-order valence-corrected chi connectivity index (χ4v) is 2.57. The third-order valence-corrected chi connectivity index (χ3v) is 3.52. The van der Waals surface area contributed by atoms with Crippen molar-refractivity contribution in [3.05, 3.63) is 0 Å². The Hall–Kier alpha value is -0.610. The minimum absolute atomic E-state index is 0.166. The van der Waals surface area contributed by atoms with E-state index in [0.29, 0.717) is 6.54 Å². The molecule has 0 radical (unpaired) electrons. The smallest absolute Gasteiger partial charge is 0.242 e. The number of hydrogen-bond donors (Lipinski definition) is 2. The summed E-state index contributed by atoms with van der Waals surface area (Å²) >= 11 is 0. The molecule has 2 atom stereocenters. The summed E-state index contributed by atoms with van der Waals surface area (Å²) in [4.78, 5) is 14.0. The molecule has 2 N–H and O–H groups in total. The molecule has 1 unspecified atom stereocenters. The van der Waals surface area contributed by atoms with E-state index in [4.69, 9.17) is 0 Å². The third-order valence-electron chi connectivity index (χ3n) is 3.52. The number of amides is 1. The highest BCUT2D eigenvalue weighted by molar-refractivity contribution is 5.86. The average molecular weight is 212 g/mol. The van der Waals surface area contributed by atoms with E-state index in [2.05, 4.69) is 5.32 Å². The van der Waals surface area contributed by atoms with Crippen LogP contribution in [-0.4, -0.2) is 47.2 Å². The first-order valence-electron chi connectivity index (χ1n) is 5.84. The molecule has 86 valence electrons. The Balaban J connectivity index is 2.00. The van der Waals surface area contributed by atoms with Crippen molar-refractivity contribution in [2.24, 2.45) is 0 Å². The zero-order valence-corrected chi connectivity index (χ0v) is 9.33. The topological polar surface area (TPSA) is 52.6 Å². The molecule has 2 rings (SSSR count). The maximum absolute atomic E-state index is 12.2. The number of nitrogens with one attached hydrogen (secondary N) is 1. The van der Waals surface area contributed by atoms with E-state index < -0.39 is 0 Å². The van der Waals surface area contributed by atoms with Gasteiger partial charge in [0, 0.05) is 13.1 Å². The number of nitrogens with zero attached hydrogens (tertiary/aromatic N) is 1. The van der Waals surface area contributed by atoms with Crippen LogP contribution in [-0.2, 0) is 4.79 Å². The molecule has 2 aliphatic heterocycles. The molecular formula is C11H20N2O2. The molecule has 0 bridgehead atoms. The number of β-amino-alcohol motifs (C(OH)–C–C–N with tert-alkyl or cyclic N) is 1. The average Bonchev–Trinajstić information content (AvgIpc) is 2.65. The number of aliphatic hydroxyl groups is 1. The van der Waals surface area contributed by atoms with Gasteiger partial charge in [-0.05, 0) is 39.2 Å². The van der Waals surface area contributed by atoms with Crippen LogP contribution in [0.2, 0.25) is 0 Å². The zero-order chi connectivity index (χ0) is 10.9. The summed E-state index contributed by atoms with van der Waals surface area (Å²) in [5.41, 5.74) is -0.378. The maximum atomic E-state index is 12.2. The van der Waals surface area contributed by atoms with Gasteiger partial charge in [0.2, 0.25) is 5.91 Å². The molecule has 15 heavy (non-hydrogen) atoms. The second-order valence-corrected chi connectivity index (χ2v) is 4.91. The highest BCUT2D eigenvalue weighted by atomic mass is 16.3. The van der Waals surface area contributed by atoms with E-state index in [9.17, 15) is 9.90 Å². The first kappa shape index (κ1) is 10.9. The van der Waals surface area contributed by atoms with Gasteiger partial charge in [0.1, 0.15) is 0 Å². The van der Waals surface area contributed by atoms with Crippen LogP contribution in [0.1, 0.15) is 32.6 Å². The lowest BCUT2D eigenvalue weighted by atomic mass is 9.96. The Morgan fingerprint density at radius 1 is 1.53 bits per heavy atom. The molecule has 2 heterocycles. The maximum Gasteiger partial charge on any atom is 0.242 e. The first-order valence-corrected chi connectivity index (χ1v) is 5.84. The van der Waals surface area contributed by atoms with Crippen LogP contribution < -0.4 is 5.32 Å². The van der Waals surface area contributed by atoms with Crippen molar-refractivity contribution in [3.8, 4) is 0 Å². The van der Waals surface area contributed by atoms with E-state index in [-0.39, 0.29) is 17.6 Å².